The van der Waals surface area contributed by atoms with Crippen LogP contribution in [0.3, 0.4) is 0 Å². The summed E-state index contributed by atoms with van der Waals surface area (Å²) in [5.41, 5.74) is 0.836. The summed E-state index contributed by atoms with van der Waals surface area (Å²) < 4.78 is 4.42. The first-order valence-electron chi connectivity index (χ1n) is 3.77. The van der Waals surface area contributed by atoms with Gasteiger partial charge in [0.05, 0.1) is 7.11 Å². The fourth-order valence-corrected chi connectivity index (χ4v) is 0.818. The maximum absolute atomic E-state index is 10.7. The van der Waals surface area contributed by atoms with E-state index in [1.165, 1.54) is 13.2 Å². The van der Waals surface area contributed by atoms with Gasteiger partial charge in [-0.25, -0.2) is 4.79 Å². The number of phenols is 1. The van der Waals surface area contributed by atoms with Gasteiger partial charge >= 0.3 is 5.97 Å². The minimum absolute atomic E-state index is 0.204. The average Bonchev–Trinajstić information content (AvgIpc) is 2.16. The zero-order valence-electron chi connectivity index (χ0n) is 7.23. The van der Waals surface area contributed by atoms with E-state index in [0.717, 1.165) is 5.56 Å². The minimum atomic E-state index is -0.395. The standard InChI is InChI=1S/C10H10O3/c1-13-10(12)7-4-8-2-5-9(11)6-3-8/h2-7,11H,1H3/b7-4-. The molecule has 0 radical (unpaired) electrons. The second-order valence-corrected chi connectivity index (χ2v) is 2.45. The predicted octanol–water partition coefficient (Wildman–Crippen LogP) is 1.58. The molecular formula is C10H10O3. The van der Waals surface area contributed by atoms with Crippen LogP contribution in [-0.2, 0) is 9.53 Å². The molecule has 0 aliphatic rings. The van der Waals surface area contributed by atoms with Gasteiger partial charge in [0.1, 0.15) is 5.75 Å². The first kappa shape index (κ1) is 9.32. The Bertz CT molecular complexity index is 311. The SMILES string of the molecule is COC(=O)/C=C\c1ccc(O)cc1. The van der Waals surface area contributed by atoms with E-state index in [4.69, 9.17) is 5.11 Å². The molecular weight excluding hydrogens is 168 g/mol. The van der Waals surface area contributed by atoms with Crippen LogP contribution in [0.25, 0.3) is 6.08 Å². The lowest BCUT2D eigenvalue weighted by molar-refractivity contribution is -0.134. The number of benzene rings is 1. The largest absolute Gasteiger partial charge is 0.508 e. The molecule has 0 atom stereocenters. The highest BCUT2D eigenvalue weighted by atomic mass is 16.5. The molecule has 0 spiro atoms. The van der Waals surface area contributed by atoms with Crippen LogP contribution in [0.1, 0.15) is 5.56 Å². The van der Waals surface area contributed by atoms with Crippen molar-refractivity contribution in [3.63, 3.8) is 0 Å². The van der Waals surface area contributed by atoms with E-state index in [1.807, 2.05) is 0 Å². The molecule has 3 nitrogen and oxygen atoms in total. The summed E-state index contributed by atoms with van der Waals surface area (Å²) >= 11 is 0. The molecule has 0 saturated heterocycles. The number of carbonyl (C=O) groups is 1. The Balaban J connectivity index is 2.69. The fourth-order valence-electron chi connectivity index (χ4n) is 0.818. The summed E-state index contributed by atoms with van der Waals surface area (Å²) in [5, 5.41) is 8.96. The van der Waals surface area contributed by atoms with Gasteiger partial charge in [-0.05, 0) is 23.8 Å². The van der Waals surface area contributed by atoms with E-state index in [0.29, 0.717) is 0 Å². The summed E-state index contributed by atoms with van der Waals surface area (Å²) in [6.07, 6.45) is 2.94. The predicted molar refractivity (Wildman–Crippen MR) is 49.2 cm³/mol. The van der Waals surface area contributed by atoms with E-state index in [1.54, 1.807) is 30.3 Å². The van der Waals surface area contributed by atoms with Crippen molar-refractivity contribution in [2.24, 2.45) is 0 Å². The number of rotatable bonds is 2. The highest BCUT2D eigenvalue weighted by molar-refractivity contribution is 5.86. The van der Waals surface area contributed by atoms with Crippen molar-refractivity contribution in [3.8, 4) is 5.75 Å². The first-order valence-corrected chi connectivity index (χ1v) is 3.77. The number of esters is 1. The van der Waals surface area contributed by atoms with Crippen molar-refractivity contribution in [3.05, 3.63) is 35.9 Å². The lowest BCUT2D eigenvalue weighted by atomic mass is 10.2. The maximum atomic E-state index is 10.7. The quantitative estimate of drug-likeness (QED) is 0.552. The van der Waals surface area contributed by atoms with Crippen molar-refractivity contribution >= 4 is 12.0 Å². The number of methoxy groups -OCH3 is 1. The number of phenolic OH excluding ortho intramolecular Hbond substituents is 1. The summed E-state index contributed by atoms with van der Waals surface area (Å²) in [4.78, 5) is 10.7. The summed E-state index contributed by atoms with van der Waals surface area (Å²) in [5.74, 6) is -0.191. The van der Waals surface area contributed by atoms with Gasteiger partial charge in [-0.3, -0.25) is 0 Å². The van der Waals surface area contributed by atoms with Crippen molar-refractivity contribution in [2.75, 3.05) is 7.11 Å². The molecule has 0 aliphatic heterocycles. The van der Waals surface area contributed by atoms with Gasteiger partial charge in [-0.15, -0.1) is 0 Å². The van der Waals surface area contributed by atoms with E-state index in [-0.39, 0.29) is 5.75 Å². The maximum Gasteiger partial charge on any atom is 0.330 e. The molecule has 1 rings (SSSR count). The van der Waals surface area contributed by atoms with Crippen LogP contribution < -0.4 is 0 Å². The number of hydrogen-bond acceptors (Lipinski definition) is 3. The van der Waals surface area contributed by atoms with Gasteiger partial charge in [0.15, 0.2) is 0 Å². The van der Waals surface area contributed by atoms with Gasteiger partial charge in [0, 0.05) is 6.08 Å². The third-order valence-corrected chi connectivity index (χ3v) is 1.51. The number of ether oxygens (including phenoxy) is 1. The topological polar surface area (TPSA) is 46.5 Å². The second kappa shape index (κ2) is 4.30. The van der Waals surface area contributed by atoms with Gasteiger partial charge < -0.3 is 9.84 Å². The Kier molecular flexibility index (Phi) is 3.09. The number of carbonyl (C=O) groups excluding carboxylic acids is 1. The zero-order chi connectivity index (χ0) is 9.68. The van der Waals surface area contributed by atoms with Crippen LogP contribution in [0.15, 0.2) is 30.3 Å². The lowest BCUT2D eigenvalue weighted by Gasteiger charge is -1.93. The van der Waals surface area contributed by atoms with Crippen LogP contribution in [0.4, 0.5) is 0 Å². The van der Waals surface area contributed by atoms with Crippen LogP contribution in [0.5, 0.6) is 5.75 Å². The number of aromatic hydroxyl groups is 1. The van der Waals surface area contributed by atoms with Crippen LogP contribution in [0.2, 0.25) is 0 Å². The molecule has 0 aromatic heterocycles. The highest BCUT2D eigenvalue weighted by Crippen LogP contribution is 2.10. The van der Waals surface area contributed by atoms with Crippen LogP contribution in [0, 0.1) is 0 Å². The van der Waals surface area contributed by atoms with Crippen molar-refractivity contribution in [1.82, 2.24) is 0 Å². The Hall–Kier alpha value is -1.77. The van der Waals surface area contributed by atoms with Crippen molar-refractivity contribution in [2.45, 2.75) is 0 Å². The molecule has 1 aromatic rings. The summed E-state index contributed by atoms with van der Waals surface area (Å²) in [6.45, 7) is 0. The molecule has 0 amide bonds. The summed E-state index contributed by atoms with van der Waals surface area (Å²) in [6, 6.07) is 6.51. The molecule has 1 N–H and O–H groups in total. The molecule has 0 unspecified atom stereocenters. The Morgan fingerprint density at radius 1 is 1.38 bits per heavy atom. The minimum Gasteiger partial charge on any atom is -0.508 e. The smallest absolute Gasteiger partial charge is 0.330 e. The first-order chi connectivity index (χ1) is 6.22. The van der Waals surface area contributed by atoms with E-state index in [2.05, 4.69) is 4.74 Å². The van der Waals surface area contributed by atoms with E-state index in [9.17, 15) is 4.79 Å². The molecule has 0 heterocycles. The lowest BCUT2D eigenvalue weighted by Crippen LogP contribution is -1.92. The molecule has 3 heteroatoms. The zero-order valence-corrected chi connectivity index (χ0v) is 7.23. The molecule has 13 heavy (non-hydrogen) atoms. The Labute approximate surface area is 76.3 Å². The Morgan fingerprint density at radius 3 is 2.54 bits per heavy atom. The molecule has 0 saturated carbocycles. The van der Waals surface area contributed by atoms with Crippen molar-refractivity contribution < 1.29 is 14.6 Å². The van der Waals surface area contributed by atoms with E-state index < -0.39 is 5.97 Å². The molecule has 0 fully saturated rings. The van der Waals surface area contributed by atoms with Gasteiger partial charge in [0.2, 0.25) is 0 Å². The number of hydrogen-bond donors (Lipinski definition) is 1. The fraction of sp³-hybridized carbons (Fsp3) is 0.100. The molecule has 0 bridgehead atoms. The molecule has 1 aromatic carbocycles. The second-order valence-electron chi connectivity index (χ2n) is 2.45. The summed E-state index contributed by atoms with van der Waals surface area (Å²) in [7, 11) is 1.32. The van der Waals surface area contributed by atoms with Crippen LogP contribution >= 0.6 is 0 Å². The van der Waals surface area contributed by atoms with Gasteiger partial charge in [-0.1, -0.05) is 12.1 Å². The highest BCUT2D eigenvalue weighted by Gasteiger charge is 1.91. The van der Waals surface area contributed by atoms with Crippen molar-refractivity contribution in [1.29, 1.82) is 0 Å². The van der Waals surface area contributed by atoms with Crippen LogP contribution in [-0.4, -0.2) is 18.2 Å². The van der Waals surface area contributed by atoms with E-state index >= 15 is 0 Å². The third-order valence-electron chi connectivity index (χ3n) is 1.51. The molecule has 68 valence electrons. The monoisotopic (exact) mass is 178 g/mol. The normalized spacial score (nSPS) is 10.2. The van der Waals surface area contributed by atoms with Gasteiger partial charge in [-0.2, -0.15) is 0 Å². The third kappa shape index (κ3) is 2.99. The van der Waals surface area contributed by atoms with Gasteiger partial charge in [0.25, 0.3) is 0 Å². The molecule has 0 aliphatic carbocycles. The average molecular weight is 178 g/mol. The Morgan fingerprint density at radius 2 is 2.00 bits per heavy atom.